The van der Waals surface area contributed by atoms with E-state index in [1.54, 1.807) is 0 Å². The third-order valence-corrected chi connectivity index (χ3v) is 4.52. The van der Waals surface area contributed by atoms with Crippen LogP contribution in [-0.4, -0.2) is 25.3 Å². The van der Waals surface area contributed by atoms with Crippen molar-refractivity contribution in [1.82, 2.24) is 5.32 Å². The second-order valence-electron chi connectivity index (χ2n) is 4.64. The molecule has 0 saturated carbocycles. The molecular weight excluding hydrogens is 308 g/mol. The molecule has 8 heteroatoms. The first kappa shape index (κ1) is 14.1. The Hall–Kier alpha value is -2.87. The molecule has 0 aliphatic carbocycles. The molecule has 0 fully saturated rings. The Balaban J connectivity index is 1.96. The summed E-state index contributed by atoms with van der Waals surface area (Å²) in [4.78, 5) is 22.9. The van der Waals surface area contributed by atoms with Crippen molar-refractivity contribution in [3.05, 3.63) is 53.6 Å². The van der Waals surface area contributed by atoms with E-state index < -0.39 is 21.8 Å². The average molecular weight is 318 g/mol. The van der Waals surface area contributed by atoms with Crippen LogP contribution in [0, 0.1) is 0 Å². The van der Waals surface area contributed by atoms with Gasteiger partial charge in [-0.1, -0.05) is 0 Å². The van der Waals surface area contributed by atoms with E-state index >= 15 is 0 Å². The Labute approximate surface area is 125 Å². The summed E-state index contributed by atoms with van der Waals surface area (Å²) in [7, 11) is -3.91. The maximum atomic E-state index is 12.3. The van der Waals surface area contributed by atoms with Gasteiger partial charge in [-0.3, -0.25) is 19.6 Å². The van der Waals surface area contributed by atoms with Gasteiger partial charge in [-0.25, -0.2) is 8.42 Å². The topological polar surface area (TPSA) is 113 Å². The lowest BCUT2D eigenvalue weighted by molar-refractivity contribution is 0.0879. The minimum absolute atomic E-state index is 0.00987. The number of carbonyl (C=O) groups is 2. The van der Waals surface area contributed by atoms with Gasteiger partial charge in [-0.2, -0.15) is 0 Å². The van der Waals surface area contributed by atoms with E-state index in [0.29, 0.717) is 0 Å². The van der Waals surface area contributed by atoms with Crippen LogP contribution in [0.15, 0.2) is 47.4 Å². The second kappa shape index (κ2) is 4.85. The Bertz CT molecular complexity index is 888. The zero-order chi connectivity index (χ0) is 15.9. The molecule has 2 aromatic rings. The predicted octanol–water partition coefficient (Wildman–Crippen LogP) is 1.08. The quantitative estimate of drug-likeness (QED) is 0.579. The number of benzene rings is 2. The molecule has 0 spiro atoms. The summed E-state index contributed by atoms with van der Waals surface area (Å²) in [6.45, 7) is 0. The van der Waals surface area contributed by atoms with Crippen LogP contribution in [0.1, 0.15) is 20.7 Å². The van der Waals surface area contributed by atoms with E-state index in [4.69, 9.17) is 0 Å². The van der Waals surface area contributed by atoms with Gasteiger partial charge in [0.05, 0.1) is 16.0 Å². The fraction of sp³-hybridized carbons (Fsp3) is 0. The molecule has 7 nitrogen and oxygen atoms in total. The van der Waals surface area contributed by atoms with Crippen molar-refractivity contribution in [3.8, 4) is 5.75 Å². The number of aromatic hydroxyl groups is 1. The summed E-state index contributed by atoms with van der Waals surface area (Å²) in [5, 5.41) is 11.3. The molecule has 0 radical (unpaired) electrons. The van der Waals surface area contributed by atoms with Gasteiger partial charge < -0.3 is 5.11 Å². The molecule has 2 aromatic carbocycles. The van der Waals surface area contributed by atoms with Gasteiger partial charge in [-0.05, 0) is 42.5 Å². The monoisotopic (exact) mass is 318 g/mol. The number of phenolic OH excluding ortho intramolecular Hbond substituents is 1. The lowest BCUT2D eigenvalue weighted by Gasteiger charge is -2.08. The molecule has 0 unspecified atom stereocenters. The number of sulfonamides is 1. The number of carbonyl (C=O) groups excluding carboxylic acids is 2. The van der Waals surface area contributed by atoms with Gasteiger partial charge in [0.1, 0.15) is 5.75 Å². The number of hydrogen-bond acceptors (Lipinski definition) is 5. The van der Waals surface area contributed by atoms with Crippen molar-refractivity contribution < 1.29 is 23.1 Å². The number of phenols is 1. The van der Waals surface area contributed by atoms with Crippen LogP contribution in [-0.2, 0) is 10.0 Å². The van der Waals surface area contributed by atoms with Gasteiger partial charge in [0, 0.05) is 5.69 Å². The van der Waals surface area contributed by atoms with E-state index in [-0.39, 0.29) is 27.5 Å². The fourth-order valence-electron chi connectivity index (χ4n) is 2.06. The molecule has 1 aliphatic rings. The number of nitrogens with one attached hydrogen (secondary N) is 2. The second-order valence-corrected chi connectivity index (χ2v) is 6.33. The maximum Gasteiger partial charge on any atom is 0.261 e. The molecule has 1 heterocycles. The number of fused-ring (bicyclic) bond motifs is 1. The standard InChI is InChI=1S/C14H10N2O5S/c17-9-3-1-8(2-4-9)16-22(20,21)10-5-6-11-12(7-10)14(19)15-13(11)18/h1-7,16-17H,(H,15,18,19). The van der Waals surface area contributed by atoms with Crippen molar-refractivity contribution in [1.29, 1.82) is 0 Å². The van der Waals surface area contributed by atoms with Crippen LogP contribution in [0.4, 0.5) is 5.69 Å². The molecule has 3 N–H and O–H groups in total. The average Bonchev–Trinajstić information content (AvgIpc) is 2.76. The van der Waals surface area contributed by atoms with Gasteiger partial charge in [-0.15, -0.1) is 0 Å². The van der Waals surface area contributed by atoms with Gasteiger partial charge in [0.2, 0.25) is 0 Å². The van der Waals surface area contributed by atoms with E-state index in [1.165, 1.54) is 36.4 Å². The van der Waals surface area contributed by atoms with Crippen LogP contribution in [0.5, 0.6) is 5.75 Å². The van der Waals surface area contributed by atoms with Crippen molar-refractivity contribution in [2.45, 2.75) is 4.90 Å². The first-order valence-corrected chi connectivity index (χ1v) is 7.67. The summed E-state index contributed by atoms with van der Waals surface area (Å²) >= 11 is 0. The van der Waals surface area contributed by atoms with E-state index in [0.717, 1.165) is 6.07 Å². The minimum Gasteiger partial charge on any atom is -0.508 e. The smallest absolute Gasteiger partial charge is 0.261 e. The summed E-state index contributed by atoms with van der Waals surface area (Å²) in [5.41, 5.74) is 0.436. The Morgan fingerprint density at radius 2 is 1.55 bits per heavy atom. The zero-order valence-electron chi connectivity index (χ0n) is 11.0. The van der Waals surface area contributed by atoms with Crippen LogP contribution in [0.3, 0.4) is 0 Å². The van der Waals surface area contributed by atoms with Crippen LogP contribution in [0.25, 0.3) is 0 Å². The van der Waals surface area contributed by atoms with Crippen molar-refractivity contribution in [3.63, 3.8) is 0 Å². The summed E-state index contributed by atoms with van der Waals surface area (Å²) < 4.78 is 26.9. The Morgan fingerprint density at radius 1 is 0.909 bits per heavy atom. The fourth-order valence-corrected chi connectivity index (χ4v) is 3.14. The number of anilines is 1. The number of imide groups is 1. The van der Waals surface area contributed by atoms with Crippen LogP contribution < -0.4 is 10.0 Å². The molecule has 3 rings (SSSR count). The molecule has 0 bridgehead atoms. The predicted molar refractivity (Wildman–Crippen MR) is 77.2 cm³/mol. The lowest BCUT2D eigenvalue weighted by Crippen LogP contribution is -2.19. The first-order valence-electron chi connectivity index (χ1n) is 6.18. The summed E-state index contributed by atoms with van der Waals surface area (Å²) in [5.74, 6) is -1.16. The largest absolute Gasteiger partial charge is 0.508 e. The van der Waals surface area contributed by atoms with E-state index in [2.05, 4.69) is 10.0 Å². The normalized spacial score (nSPS) is 13.6. The van der Waals surface area contributed by atoms with Gasteiger partial charge in [0.15, 0.2) is 0 Å². The summed E-state index contributed by atoms with van der Waals surface area (Å²) in [6.07, 6.45) is 0. The minimum atomic E-state index is -3.91. The lowest BCUT2D eigenvalue weighted by atomic mass is 10.1. The third kappa shape index (κ3) is 2.40. The highest BCUT2D eigenvalue weighted by atomic mass is 32.2. The van der Waals surface area contributed by atoms with E-state index in [1.807, 2.05) is 0 Å². The van der Waals surface area contributed by atoms with E-state index in [9.17, 15) is 23.1 Å². The number of amides is 2. The highest BCUT2D eigenvalue weighted by molar-refractivity contribution is 7.92. The zero-order valence-corrected chi connectivity index (χ0v) is 11.8. The first-order chi connectivity index (χ1) is 10.4. The van der Waals surface area contributed by atoms with Crippen LogP contribution in [0.2, 0.25) is 0 Å². The van der Waals surface area contributed by atoms with Gasteiger partial charge >= 0.3 is 0 Å². The highest BCUT2D eigenvalue weighted by Gasteiger charge is 2.28. The molecule has 2 amide bonds. The molecule has 0 atom stereocenters. The van der Waals surface area contributed by atoms with Gasteiger partial charge in [0.25, 0.3) is 21.8 Å². The van der Waals surface area contributed by atoms with Crippen LogP contribution >= 0.6 is 0 Å². The Morgan fingerprint density at radius 3 is 2.23 bits per heavy atom. The van der Waals surface area contributed by atoms with Crippen molar-refractivity contribution in [2.75, 3.05) is 4.72 Å². The highest BCUT2D eigenvalue weighted by Crippen LogP contribution is 2.23. The molecule has 22 heavy (non-hydrogen) atoms. The Kier molecular flexibility index (Phi) is 3.10. The molecular formula is C14H10N2O5S. The van der Waals surface area contributed by atoms with Crippen molar-refractivity contribution in [2.24, 2.45) is 0 Å². The molecule has 112 valence electrons. The maximum absolute atomic E-state index is 12.3. The SMILES string of the molecule is O=C1NC(=O)c2cc(S(=O)(=O)Nc3ccc(O)cc3)ccc21. The van der Waals surface area contributed by atoms with Crippen molar-refractivity contribution >= 4 is 27.5 Å². The number of hydrogen-bond donors (Lipinski definition) is 3. The third-order valence-electron chi connectivity index (χ3n) is 3.14. The number of rotatable bonds is 3. The molecule has 0 saturated heterocycles. The molecule has 1 aliphatic heterocycles. The summed E-state index contributed by atoms with van der Waals surface area (Å²) in [6, 6.07) is 9.17. The molecule has 0 aromatic heterocycles.